The molecule has 0 amide bonds. The van der Waals surface area contributed by atoms with Crippen LogP contribution in [0, 0.1) is 17.8 Å². The molecule has 0 saturated heterocycles. The highest BCUT2D eigenvalue weighted by Crippen LogP contribution is 2.58. The molecule has 4 atom stereocenters. The van der Waals surface area contributed by atoms with Gasteiger partial charge in [-0.3, -0.25) is 4.57 Å². The van der Waals surface area contributed by atoms with E-state index in [9.17, 15) is 4.57 Å². The van der Waals surface area contributed by atoms with Gasteiger partial charge in [-0.1, -0.05) is 45.5 Å². The molecule has 0 heterocycles. The normalized spacial score (nSPS) is 33.6. The highest BCUT2D eigenvalue weighted by atomic mass is 32.7. The van der Waals surface area contributed by atoms with Crippen LogP contribution in [0.3, 0.4) is 0 Å². The highest BCUT2D eigenvalue weighted by Gasteiger charge is 2.35. The summed E-state index contributed by atoms with van der Waals surface area (Å²) in [4.78, 5) is 0. The molecule has 2 nitrogen and oxygen atoms in total. The van der Waals surface area contributed by atoms with E-state index in [1.165, 1.54) is 24.2 Å². The smallest absolute Gasteiger partial charge is 0.254 e. The minimum atomic E-state index is -2.45. The standard InChI is InChI=1S/C13H27O2PS/c1-6-17-16(5,14)15-13-9-11(4)7-8-12(13)10(2)3/h10-13H,6-9H2,1-5H3. The maximum Gasteiger partial charge on any atom is 0.254 e. The van der Waals surface area contributed by atoms with Gasteiger partial charge >= 0.3 is 0 Å². The van der Waals surface area contributed by atoms with Crippen molar-refractivity contribution >= 4 is 18.0 Å². The van der Waals surface area contributed by atoms with Crippen molar-refractivity contribution in [3.05, 3.63) is 0 Å². The Morgan fingerprint density at radius 2 is 2.06 bits per heavy atom. The maximum absolute atomic E-state index is 12.3. The average Bonchev–Trinajstić information content (AvgIpc) is 2.15. The molecule has 0 aromatic rings. The summed E-state index contributed by atoms with van der Waals surface area (Å²) in [6.45, 7) is 8.15. The molecule has 1 rings (SSSR count). The van der Waals surface area contributed by atoms with Crippen LogP contribution in [0.4, 0.5) is 0 Å². The fourth-order valence-corrected chi connectivity index (χ4v) is 5.93. The molecule has 0 radical (unpaired) electrons. The molecular formula is C13H27O2PS. The Bertz CT molecular complexity index is 281. The van der Waals surface area contributed by atoms with Crippen molar-refractivity contribution in [3.63, 3.8) is 0 Å². The summed E-state index contributed by atoms with van der Waals surface area (Å²) in [6.07, 6.45) is 3.79. The van der Waals surface area contributed by atoms with Crippen LogP contribution in [0.1, 0.15) is 47.0 Å². The zero-order chi connectivity index (χ0) is 13.1. The van der Waals surface area contributed by atoms with Gasteiger partial charge in [0, 0.05) is 6.66 Å². The van der Waals surface area contributed by atoms with Crippen molar-refractivity contribution < 1.29 is 9.09 Å². The maximum atomic E-state index is 12.3. The summed E-state index contributed by atoms with van der Waals surface area (Å²) in [7, 11) is 0. The van der Waals surface area contributed by atoms with Gasteiger partial charge in [-0.15, -0.1) is 0 Å². The van der Waals surface area contributed by atoms with E-state index in [0.29, 0.717) is 17.8 Å². The van der Waals surface area contributed by atoms with Crippen molar-refractivity contribution in [2.24, 2.45) is 17.8 Å². The van der Waals surface area contributed by atoms with Crippen molar-refractivity contribution in [1.29, 1.82) is 0 Å². The quantitative estimate of drug-likeness (QED) is 0.659. The summed E-state index contributed by atoms with van der Waals surface area (Å²) in [5.41, 5.74) is 0. The Kier molecular flexibility index (Phi) is 6.09. The molecule has 1 aliphatic carbocycles. The van der Waals surface area contributed by atoms with Crippen LogP contribution in [-0.2, 0) is 9.09 Å². The first kappa shape index (κ1) is 15.6. The summed E-state index contributed by atoms with van der Waals surface area (Å²) in [6, 6.07) is 0. The summed E-state index contributed by atoms with van der Waals surface area (Å²) < 4.78 is 18.3. The molecule has 0 spiro atoms. The van der Waals surface area contributed by atoms with Gasteiger partial charge in [-0.25, -0.2) is 0 Å². The second kappa shape index (κ2) is 6.63. The first-order valence-corrected chi connectivity index (χ1v) is 10.4. The van der Waals surface area contributed by atoms with Crippen molar-refractivity contribution in [3.8, 4) is 0 Å². The van der Waals surface area contributed by atoms with E-state index in [1.54, 1.807) is 6.66 Å². The third-order valence-electron chi connectivity index (χ3n) is 3.65. The van der Waals surface area contributed by atoms with Gasteiger partial charge in [0.05, 0.1) is 6.10 Å². The fraction of sp³-hybridized carbons (Fsp3) is 1.00. The van der Waals surface area contributed by atoms with E-state index < -0.39 is 6.57 Å². The third kappa shape index (κ3) is 4.96. The summed E-state index contributed by atoms with van der Waals surface area (Å²) >= 11 is 1.48. The zero-order valence-electron chi connectivity index (χ0n) is 11.8. The van der Waals surface area contributed by atoms with Crippen LogP contribution >= 0.6 is 18.0 Å². The lowest BCUT2D eigenvalue weighted by Crippen LogP contribution is -2.33. The predicted octanol–water partition coefficient (Wildman–Crippen LogP) is 5.04. The lowest BCUT2D eigenvalue weighted by Gasteiger charge is -2.38. The van der Waals surface area contributed by atoms with Crippen molar-refractivity contribution in [2.45, 2.75) is 53.1 Å². The predicted molar refractivity (Wildman–Crippen MR) is 77.9 cm³/mol. The first-order chi connectivity index (χ1) is 7.85. The van der Waals surface area contributed by atoms with Crippen LogP contribution in [0.25, 0.3) is 0 Å². The molecule has 1 aliphatic rings. The minimum Gasteiger partial charge on any atom is -0.318 e. The van der Waals surface area contributed by atoms with E-state index in [2.05, 4.69) is 20.8 Å². The van der Waals surface area contributed by atoms with Crippen LogP contribution in [0.2, 0.25) is 0 Å². The van der Waals surface area contributed by atoms with E-state index in [0.717, 1.165) is 12.2 Å². The molecule has 0 aromatic carbocycles. The van der Waals surface area contributed by atoms with E-state index in [1.807, 2.05) is 6.92 Å². The van der Waals surface area contributed by atoms with Crippen molar-refractivity contribution in [1.82, 2.24) is 0 Å². The lowest BCUT2D eigenvalue weighted by molar-refractivity contribution is 0.0519. The number of hydrogen-bond donors (Lipinski definition) is 0. The SMILES string of the molecule is CCSP(C)(=O)OC1CC(C)CCC1C(C)C. The van der Waals surface area contributed by atoms with Crippen molar-refractivity contribution in [2.75, 3.05) is 12.4 Å². The molecule has 0 aromatic heterocycles. The molecular weight excluding hydrogens is 251 g/mol. The molecule has 4 heteroatoms. The van der Waals surface area contributed by atoms with Crippen LogP contribution in [0.5, 0.6) is 0 Å². The zero-order valence-corrected chi connectivity index (χ0v) is 13.5. The van der Waals surface area contributed by atoms with Gasteiger partial charge in [0.1, 0.15) is 0 Å². The molecule has 102 valence electrons. The molecule has 1 fully saturated rings. The van der Waals surface area contributed by atoms with Crippen LogP contribution in [0.15, 0.2) is 0 Å². The topological polar surface area (TPSA) is 26.3 Å². The Hall–Kier alpha value is 0.540. The first-order valence-electron chi connectivity index (χ1n) is 6.76. The molecule has 0 N–H and O–H groups in total. The van der Waals surface area contributed by atoms with Crippen LogP contribution in [-0.4, -0.2) is 18.5 Å². The van der Waals surface area contributed by atoms with Gasteiger partial charge in [0.2, 0.25) is 0 Å². The Balaban J connectivity index is 2.66. The largest absolute Gasteiger partial charge is 0.318 e. The number of hydrogen-bond acceptors (Lipinski definition) is 3. The second-order valence-electron chi connectivity index (χ2n) is 5.66. The molecule has 4 unspecified atom stereocenters. The van der Waals surface area contributed by atoms with Gasteiger partial charge in [0.25, 0.3) is 6.57 Å². The molecule has 0 bridgehead atoms. The Morgan fingerprint density at radius 1 is 1.41 bits per heavy atom. The average molecular weight is 278 g/mol. The van der Waals surface area contributed by atoms with Crippen LogP contribution < -0.4 is 0 Å². The van der Waals surface area contributed by atoms with E-state index >= 15 is 0 Å². The molecule has 0 aliphatic heterocycles. The minimum absolute atomic E-state index is 0.202. The van der Waals surface area contributed by atoms with E-state index in [-0.39, 0.29) is 6.10 Å². The Morgan fingerprint density at radius 3 is 2.59 bits per heavy atom. The molecule has 17 heavy (non-hydrogen) atoms. The van der Waals surface area contributed by atoms with E-state index in [4.69, 9.17) is 4.52 Å². The fourth-order valence-electron chi connectivity index (χ4n) is 2.75. The summed E-state index contributed by atoms with van der Waals surface area (Å²) in [5.74, 6) is 2.78. The van der Waals surface area contributed by atoms with Gasteiger partial charge in [-0.2, -0.15) is 0 Å². The molecule has 1 saturated carbocycles. The number of rotatable bonds is 5. The second-order valence-corrected chi connectivity index (χ2v) is 11.0. The summed E-state index contributed by atoms with van der Waals surface area (Å²) in [5, 5.41) is 0. The van der Waals surface area contributed by atoms with Gasteiger partial charge in [0.15, 0.2) is 0 Å². The lowest BCUT2D eigenvalue weighted by atomic mass is 9.75. The van der Waals surface area contributed by atoms with Gasteiger partial charge in [-0.05, 0) is 36.3 Å². The monoisotopic (exact) mass is 278 g/mol. The Labute approximate surface area is 110 Å². The highest BCUT2D eigenvalue weighted by molar-refractivity contribution is 8.56. The third-order valence-corrected chi connectivity index (χ3v) is 7.47. The van der Waals surface area contributed by atoms with Gasteiger partial charge < -0.3 is 4.52 Å².